The highest BCUT2D eigenvalue weighted by molar-refractivity contribution is 6.30. The van der Waals surface area contributed by atoms with Crippen molar-refractivity contribution in [3.63, 3.8) is 0 Å². The van der Waals surface area contributed by atoms with Gasteiger partial charge >= 0.3 is 6.03 Å². The van der Waals surface area contributed by atoms with Crippen molar-refractivity contribution in [2.45, 2.75) is 13.5 Å². The van der Waals surface area contributed by atoms with Crippen LogP contribution in [0.5, 0.6) is 0 Å². The van der Waals surface area contributed by atoms with Crippen LogP contribution < -0.4 is 16.0 Å². The molecule has 0 radical (unpaired) electrons. The van der Waals surface area contributed by atoms with Crippen LogP contribution in [0.1, 0.15) is 21.5 Å². The number of nitrogens with one attached hydrogen (secondary N) is 3. The Bertz CT molecular complexity index is 967. The number of nitrogens with zero attached hydrogens (tertiary/aromatic N) is 2. The van der Waals surface area contributed by atoms with Crippen molar-refractivity contribution in [3.8, 4) is 5.69 Å². The number of halogens is 1. The third kappa shape index (κ3) is 6.08. The molecule has 7 nitrogen and oxygen atoms in total. The van der Waals surface area contributed by atoms with Crippen molar-refractivity contribution in [1.82, 2.24) is 25.7 Å². The van der Waals surface area contributed by atoms with Gasteiger partial charge in [-0.3, -0.25) is 4.79 Å². The number of amides is 3. The first-order valence-electron chi connectivity index (χ1n) is 9.17. The fourth-order valence-electron chi connectivity index (χ4n) is 2.59. The molecule has 3 amide bonds. The second kappa shape index (κ2) is 9.75. The van der Waals surface area contributed by atoms with Crippen molar-refractivity contribution >= 4 is 23.5 Å². The highest BCUT2D eigenvalue weighted by Crippen LogP contribution is 2.13. The summed E-state index contributed by atoms with van der Waals surface area (Å²) in [6, 6.07) is 14.3. The maximum atomic E-state index is 12.0. The summed E-state index contributed by atoms with van der Waals surface area (Å²) in [7, 11) is 0. The monoisotopic (exact) mass is 411 g/mol. The molecule has 2 aromatic carbocycles. The molecule has 0 atom stereocenters. The van der Waals surface area contributed by atoms with E-state index in [4.69, 9.17) is 11.6 Å². The first-order valence-corrected chi connectivity index (χ1v) is 9.55. The summed E-state index contributed by atoms with van der Waals surface area (Å²) >= 11 is 5.89. The van der Waals surface area contributed by atoms with Gasteiger partial charge < -0.3 is 16.0 Å². The van der Waals surface area contributed by atoms with Gasteiger partial charge in [-0.1, -0.05) is 29.3 Å². The van der Waals surface area contributed by atoms with E-state index in [1.165, 1.54) is 0 Å². The van der Waals surface area contributed by atoms with Crippen LogP contribution in [-0.4, -0.2) is 34.8 Å². The van der Waals surface area contributed by atoms with E-state index >= 15 is 0 Å². The minimum atomic E-state index is -0.311. The average molecular weight is 412 g/mol. The summed E-state index contributed by atoms with van der Waals surface area (Å²) in [6.45, 7) is 2.98. The molecule has 0 aliphatic heterocycles. The van der Waals surface area contributed by atoms with Crippen LogP contribution in [-0.2, 0) is 6.54 Å². The van der Waals surface area contributed by atoms with Crippen LogP contribution in [0.25, 0.3) is 5.69 Å². The molecule has 1 aromatic heterocycles. The molecule has 3 rings (SSSR count). The Kier molecular flexibility index (Phi) is 6.86. The number of carbonyl (C=O) groups excluding carboxylic acids is 2. The molecular weight excluding hydrogens is 390 g/mol. The van der Waals surface area contributed by atoms with Crippen molar-refractivity contribution in [3.05, 3.63) is 82.6 Å². The van der Waals surface area contributed by atoms with Crippen molar-refractivity contribution in [2.75, 3.05) is 13.1 Å². The Morgan fingerprint density at radius 2 is 1.66 bits per heavy atom. The number of aryl methyl sites for hydroxylation is 1. The molecular formula is C21H22ClN5O2. The second-order valence-corrected chi connectivity index (χ2v) is 6.94. The molecule has 0 spiro atoms. The van der Waals surface area contributed by atoms with Crippen LogP contribution in [0.2, 0.25) is 5.02 Å². The van der Waals surface area contributed by atoms with E-state index in [1.807, 2.05) is 37.4 Å². The zero-order chi connectivity index (χ0) is 20.6. The minimum absolute atomic E-state index is 0.165. The number of carbonyl (C=O) groups is 2. The van der Waals surface area contributed by atoms with Crippen LogP contribution >= 0.6 is 11.6 Å². The van der Waals surface area contributed by atoms with Crippen LogP contribution in [0.4, 0.5) is 4.79 Å². The first kappa shape index (κ1) is 20.4. The lowest BCUT2D eigenvalue weighted by molar-refractivity contribution is 0.0954. The first-order chi connectivity index (χ1) is 14.0. The predicted octanol–water partition coefficient (Wildman–Crippen LogP) is 3.06. The fraction of sp³-hybridized carbons (Fsp3) is 0.190. The van der Waals surface area contributed by atoms with Gasteiger partial charge in [-0.15, -0.1) is 0 Å². The van der Waals surface area contributed by atoms with Gasteiger partial charge in [0.05, 0.1) is 11.9 Å². The number of hydrogen-bond acceptors (Lipinski definition) is 3. The summed E-state index contributed by atoms with van der Waals surface area (Å²) < 4.78 is 1.71. The number of rotatable bonds is 7. The molecule has 0 bridgehead atoms. The summed E-state index contributed by atoms with van der Waals surface area (Å²) in [5.74, 6) is -0.165. The van der Waals surface area contributed by atoms with Crippen molar-refractivity contribution < 1.29 is 9.59 Å². The normalized spacial score (nSPS) is 10.4. The van der Waals surface area contributed by atoms with E-state index in [0.29, 0.717) is 30.2 Å². The maximum absolute atomic E-state index is 12.0. The average Bonchev–Trinajstić information content (AvgIpc) is 3.19. The Morgan fingerprint density at radius 3 is 2.38 bits per heavy atom. The predicted molar refractivity (Wildman–Crippen MR) is 112 cm³/mol. The largest absolute Gasteiger partial charge is 0.350 e. The Hall–Kier alpha value is -3.32. The zero-order valence-electron chi connectivity index (χ0n) is 16.0. The van der Waals surface area contributed by atoms with E-state index in [1.54, 1.807) is 35.1 Å². The van der Waals surface area contributed by atoms with Gasteiger partial charge in [0.1, 0.15) is 0 Å². The Labute approximate surface area is 174 Å². The molecule has 1 heterocycles. The van der Waals surface area contributed by atoms with E-state index in [-0.39, 0.29) is 11.9 Å². The summed E-state index contributed by atoms with van der Waals surface area (Å²) in [5, 5.41) is 13.2. The molecule has 8 heteroatoms. The molecule has 3 N–H and O–H groups in total. The smallest absolute Gasteiger partial charge is 0.315 e. The van der Waals surface area contributed by atoms with Crippen LogP contribution in [0.3, 0.4) is 0 Å². The lowest BCUT2D eigenvalue weighted by Crippen LogP contribution is -2.40. The van der Waals surface area contributed by atoms with Gasteiger partial charge in [0.15, 0.2) is 0 Å². The molecule has 0 aliphatic rings. The highest BCUT2D eigenvalue weighted by Gasteiger charge is 2.06. The molecule has 0 aliphatic carbocycles. The second-order valence-electron chi connectivity index (χ2n) is 6.50. The van der Waals surface area contributed by atoms with Crippen LogP contribution in [0, 0.1) is 6.92 Å². The number of aromatic nitrogens is 2. The van der Waals surface area contributed by atoms with E-state index in [2.05, 4.69) is 21.0 Å². The number of urea groups is 1. The zero-order valence-corrected chi connectivity index (χ0v) is 16.7. The standard InChI is InChI=1S/C21H22ClN5O2/c1-15-2-4-17(5-3-15)20(28)23-10-11-24-21(29)25-12-16-13-26-27(14-16)19-8-6-18(22)7-9-19/h2-9,13-14H,10-12H2,1H3,(H,23,28)(H2,24,25,29). The van der Waals surface area contributed by atoms with Crippen molar-refractivity contribution in [1.29, 1.82) is 0 Å². The van der Waals surface area contributed by atoms with Gasteiger partial charge in [0.2, 0.25) is 0 Å². The highest BCUT2D eigenvalue weighted by atomic mass is 35.5. The van der Waals surface area contributed by atoms with Crippen LogP contribution in [0.15, 0.2) is 60.9 Å². The van der Waals surface area contributed by atoms with E-state index < -0.39 is 0 Å². The maximum Gasteiger partial charge on any atom is 0.315 e. The third-order valence-electron chi connectivity index (χ3n) is 4.19. The van der Waals surface area contributed by atoms with Crippen molar-refractivity contribution in [2.24, 2.45) is 0 Å². The third-order valence-corrected chi connectivity index (χ3v) is 4.44. The van der Waals surface area contributed by atoms with Gasteiger partial charge in [-0.25, -0.2) is 9.48 Å². The lowest BCUT2D eigenvalue weighted by Gasteiger charge is -2.08. The van der Waals surface area contributed by atoms with E-state index in [9.17, 15) is 9.59 Å². The summed E-state index contributed by atoms with van der Waals surface area (Å²) in [6.07, 6.45) is 3.53. The van der Waals surface area contributed by atoms with Gasteiger partial charge in [0.25, 0.3) is 5.91 Å². The lowest BCUT2D eigenvalue weighted by atomic mass is 10.1. The number of hydrogen-bond donors (Lipinski definition) is 3. The van der Waals surface area contributed by atoms with Gasteiger partial charge in [-0.05, 0) is 43.3 Å². The minimum Gasteiger partial charge on any atom is -0.350 e. The number of benzene rings is 2. The summed E-state index contributed by atoms with van der Waals surface area (Å²) in [4.78, 5) is 23.9. The molecule has 3 aromatic rings. The SMILES string of the molecule is Cc1ccc(C(=O)NCCNC(=O)NCc2cnn(-c3ccc(Cl)cc3)c2)cc1. The molecule has 0 saturated carbocycles. The Balaban J connectivity index is 1.36. The molecule has 29 heavy (non-hydrogen) atoms. The molecule has 150 valence electrons. The molecule has 0 saturated heterocycles. The molecule has 0 fully saturated rings. The fourth-order valence-corrected chi connectivity index (χ4v) is 2.72. The quantitative estimate of drug-likeness (QED) is 0.522. The summed E-state index contributed by atoms with van der Waals surface area (Å²) in [5.41, 5.74) is 3.44. The van der Waals surface area contributed by atoms with Gasteiger partial charge in [-0.2, -0.15) is 5.10 Å². The Morgan fingerprint density at radius 1 is 0.966 bits per heavy atom. The van der Waals surface area contributed by atoms with E-state index in [0.717, 1.165) is 16.8 Å². The molecule has 0 unspecified atom stereocenters. The van der Waals surface area contributed by atoms with Gasteiger partial charge in [0, 0.05) is 42.0 Å². The topological polar surface area (TPSA) is 88.1 Å².